The van der Waals surface area contributed by atoms with Crippen LogP contribution in [0.1, 0.15) is 11.1 Å². The fraction of sp³-hybridized carbons (Fsp3) is 0.222. The van der Waals surface area contributed by atoms with Gasteiger partial charge in [-0.25, -0.2) is 4.98 Å². The van der Waals surface area contributed by atoms with Crippen molar-refractivity contribution in [1.29, 1.82) is 0 Å². The quantitative estimate of drug-likeness (QED) is 0.707. The molecule has 25 heavy (non-hydrogen) atoms. The van der Waals surface area contributed by atoms with Crippen LogP contribution in [0.4, 0.5) is 5.13 Å². The van der Waals surface area contributed by atoms with Crippen molar-refractivity contribution in [3.8, 4) is 11.5 Å². The second kappa shape index (κ2) is 7.29. The van der Waals surface area contributed by atoms with E-state index in [2.05, 4.69) is 10.3 Å². The van der Waals surface area contributed by atoms with Crippen LogP contribution in [0, 0.1) is 13.8 Å². The van der Waals surface area contributed by atoms with Crippen molar-refractivity contribution in [3.63, 3.8) is 0 Å². The SMILES string of the molecule is COc1cc2sc(NC(=O)COc3cccc(C)c3C)nc2cc1Cl. The summed E-state index contributed by atoms with van der Waals surface area (Å²) in [6.07, 6.45) is 0. The van der Waals surface area contributed by atoms with E-state index < -0.39 is 0 Å². The highest BCUT2D eigenvalue weighted by Crippen LogP contribution is 2.34. The van der Waals surface area contributed by atoms with E-state index in [-0.39, 0.29) is 12.5 Å². The predicted octanol–water partition coefficient (Wildman–Crippen LogP) is 4.59. The van der Waals surface area contributed by atoms with Gasteiger partial charge in [-0.15, -0.1) is 0 Å². The van der Waals surface area contributed by atoms with Crippen molar-refractivity contribution < 1.29 is 14.3 Å². The minimum atomic E-state index is -0.266. The summed E-state index contributed by atoms with van der Waals surface area (Å²) in [5.74, 6) is 1.02. The van der Waals surface area contributed by atoms with Crippen LogP contribution >= 0.6 is 22.9 Å². The molecule has 0 atom stereocenters. The largest absolute Gasteiger partial charge is 0.495 e. The van der Waals surface area contributed by atoms with Gasteiger partial charge in [-0.2, -0.15) is 0 Å². The Morgan fingerprint density at radius 3 is 2.84 bits per heavy atom. The van der Waals surface area contributed by atoms with Gasteiger partial charge in [0.05, 0.1) is 22.3 Å². The molecule has 0 saturated carbocycles. The zero-order chi connectivity index (χ0) is 18.0. The Kier molecular flexibility index (Phi) is 5.11. The number of thiazole rings is 1. The molecule has 0 aliphatic heterocycles. The highest BCUT2D eigenvalue weighted by molar-refractivity contribution is 7.22. The van der Waals surface area contributed by atoms with Crippen molar-refractivity contribution in [2.24, 2.45) is 0 Å². The summed E-state index contributed by atoms with van der Waals surface area (Å²) in [5, 5.41) is 3.73. The third-order valence-corrected chi connectivity index (χ3v) is 5.05. The van der Waals surface area contributed by atoms with Crippen LogP contribution in [0.3, 0.4) is 0 Å². The number of carbonyl (C=O) groups excluding carboxylic acids is 1. The number of fused-ring (bicyclic) bond motifs is 1. The van der Waals surface area contributed by atoms with Crippen LogP contribution in [0.15, 0.2) is 30.3 Å². The fourth-order valence-electron chi connectivity index (χ4n) is 2.32. The van der Waals surface area contributed by atoms with E-state index in [9.17, 15) is 4.79 Å². The number of aromatic nitrogens is 1. The van der Waals surface area contributed by atoms with Gasteiger partial charge in [0.1, 0.15) is 11.5 Å². The van der Waals surface area contributed by atoms with Crippen molar-refractivity contribution in [3.05, 3.63) is 46.5 Å². The number of methoxy groups -OCH3 is 1. The van der Waals surface area contributed by atoms with E-state index in [0.717, 1.165) is 15.8 Å². The molecule has 3 aromatic rings. The minimum Gasteiger partial charge on any atom is -0.495 e. The maximum absolute atomic E-state index is 12.1. The molecule has 3 rings (SSSR count). The molecule has 0 radical (unpaired) electrons. The van der Waals surface area contributed by atoms with Crippen LogP contribution in [-0.2, 0) is 4.79 Å². The Bertz CT molecular complexity index is 939. The normalized spacial score (nSPS) is 10.7. The Hall–Kier alpha value is -2.31. The molecule has 1 N–H and O–H groups in total. The number of benzene rings is 2. The molecule has 0 saturated heterocycles. The van der Waals surface area contributed by atoms with Crippen LogP contribution in [0.2, 0.25) is 5.02 Å². The molecule has 0 fully saturated rings. The molecular formula is C18H17ClN2O3S. The van der Waals surface area contributed by atoms with Gasteiger partial charge in [-0.3, -0.25) is 10.1 Å². The standard InChI is InChI=1S/C18H17ClN2O3S/c1-10-5-4-6-14(11(10)2)24-9-17(22)21-18-20-13-7-12(19)15(23-3)8-16(13)25-18/h4-8H,9H2,1-3H3,(H,20,21,22). The first-order valence-corrected chi connectivity index (χ1v) is 8.80. The number of anilines is 1. The van der Waals surface area contributed by atoms with E-state index in [1.807, 2.05) is 32.0 Å². The number of rotatable bonds is 5. The number of nitrogens with one attached hydrogen (secondary N) is 1. The summed E-state index contributed by atoms with van der Waals surface area (Å²) >= 11 is 7.45. The van der Waals surface area contributed by atoms with E-state index in [1.54, 1.807) is 19.2 Å². The van der Waals surface area contributed by atoms with Gasteiger partial charge in [-0.1, -0.05) is 35.1 Å². The molecule has 130 valence electrons. The molecule has 5 nitrogen and oxygen atoms in total. The maximum atomic E-state index is 12.1. The van der Waals surface area contributed by atoms with Gasteiger partial charge in [0.15, 0.2) is 11.7 Å². The number of aryl methyl sites for hydroxylation is 1. The summed E-state index contributed by atoms with van der Waals surface area (Å²) in [6, 6.07) is 9.27. The Morgan fingerprint density at radius 1 is 1.28 bits per heavy atom. The zero-order valence-electron chi connectivity index (χ0n) is 14.1. The van der Waals surface area contributed by atoms with Gasteiger partial charge < -0.3 is 9.47 Å². The second-order valence-corrected chi connectivity index (χ2v) is 6.95. The lowest BCUT2D eigenvalue weighted by Gasteiger charge is -2.10. The summed E-state index contributed by atoms with van der Waals surface area (Å²) in [5.41, 5.74) is 2.86. The first-order valence-electron chi connectivity index (χ1n) is 7.61. The molecular weight excluding hydrogens is 360 g/mol. The summed E-state index contributed by atoms with van der Waals surface area (Å²) in [6.45, 7) is 3.89. The monoisotopic (exact) mass is 376 g/mol. The van der Waals surface area contributed by atoms with E-state index in [1.165, 1.54) is 11.3 Å². The maximum Gasteiger partial charge on any atom is 0.264 e. The Balaban J connectivity index is 1.68. The molecule has 1 amide bonds. The number of hydrogen-bond donors (Lipinski definition) is 1. The number of carbonyl (C=O) groups is 1. The molecule has 2 aromatic carbocycles. The number of hydrogen-bond acceptors (Lipinski definition) is 5. The lowest BCUT2D eigenvalue weighted by molar-refractivity contribution is -0.118. The first kappa shape index (κ1) is 17.5. The number of ether oxygens (including phenoxy) is 2. The van der Waals surface area contributed by atoms with Crippen LogP contribution in [0.25, 0.3) is 10.2 Å². The Morgan fingerprint density at radius 2 is 2.08 bits per heavy atom. The highest BCUT2D eigenvalue weighted by atomic mass is 35.5. The molecule has 1 heterocycles. The summed E-state index contributed by atoms with van der Waals surface area (Å²) < 4.78 is 11.7. The zero-order valence-corrected chi connectivity index (χ0v) is 15.6. The van der Waals surface area contributed by atoms with Gasteiger partial charge >= 0.3 is 0 Å². The summed E-state index contributed by atoms with van der Waals surface area (Å²) in [7, 11) is 1.56. The van der Waals surface area contributed by atoms with Crippen molar-refractivity contribution in [2.75, 3.05) is 19.0 Å². The lowest BCUT2D eigenvalue weighted by Crippen LogP contribution is -2.20. The van der Waals surface area contributed by atoms with Crippen molar-refractivity contribution in [1.82, 2.24) is 4.98 Å². The molecule has 1 aromatic heterocycles. The molecule has 0 bridgehead atoms. The van der Waals surface area contributed by atoms with E-state index in [4.69, 9.17) is 21.1 Å². The molecule has 0 unspecified atom stereocenters. The number of nitrogens with zero attached hydrogens (tertiary/aromatic N) is 1. The average molecular weight is 377 g/mol. The van der Waals surface area contributed by atoms with Crippen LogP contribution in [-0.4, -0.2) is 24.6 Å². The van der Waals surface area contributed by atoms with E-state index in [0.29, 0.717) is 27.2 Å². The van der Waals surface area contributed by atoms with Crippen molar-refractivity contribution in [2.45, 2.75) is 13.8 Å². The lowest BCUT2D eigenvalue weighted by atomic mass is 10.1. The fourth-order valence-corrected chi connectivity index (χ4v) is 3.45. The van der Waals surface area contributed by atoms with Crippen molar-refractivity contribution >= 4 is 44.2 Å². The number of amides is 1. The first-order chi connectivity index (χ1) is 12.0. The topological polar surface area (TPSA) is 60.5 Å². The predicted molar refractivity (Wildman–Crippen MR) is 101 cm³/mol. The number of halogens is 1. The molecule has 7 heteroatoms. The molecule has 0 aliphatic rings. The third kappa shape index (κ3) is 3.86. The Labute approximate surface area is 154 Å². The average Bonchev–Trinajstić information content (AvgIpc) is 2.96. The molecule has 0 aliphatic carbocycles. The second-order valence-electron chi connectivity index (χ2n) is 5.51. The smallest absolute Gasteiger partial charge is 0.264 e. The third-order valence-electron chi connectivity index (χ3n) is 3.82. The summed E-state index contributed by atoms with van der Waals surface area (Å²) in [4.78, 5) is 16.5. The van der Waals surface area contributed by atoms with Gasteiger partial charge in [0, 0.05) is 6.07 Å². The minimum absolute atomic E-state index is 0.0791. The highest BCUT2D eigenvalue weighted by Gasteiger charge is 2.12. The van der Waals surface area contributed by atoms with E-state index >= 15 is 0 Å². The van der Waals surface area contributed by atoms with Gasteiger partial charge in [0.2, 0.25) is 0 Å². The molecule has 0 spiro atoms. The van der Waals surface area contributed by atoms with Gasteiger partial charge in [-0.05, 0) is 37.1 Å². The van der Waals surface area contributed by atoms with Crippen LogP contribution < -0.4 is 14.8 Å². The van der Waals surface area contributed by atoms with Crippen LogP contribution in [0.5, 0.6) is 11.5 Å². The van der Waals surface area contributed by atoms with Gasteiger partial charge in [0.25, 0.3) is 5.91 Å².